The Morgan fingerprint density at radius 2 is 2.04 bits per heavy atom. The number of carbonyl (C=O) groups excluding carboxylic acids is 1. The summed E-state index contributed by atoms with van der Waals surface area (Å²) in [5.41, 5.74) is 2.81. The van der Waals surface area contributed by atoms with Gasteiger partial charge in [0.05, 0.1) is 5.92 Å². The van der Waals surface area contributed by atoms with Crippen molar-refractivity contribution in [1.29, 1.82) is 0 Å². The second-order valence-corrected chi connectivity index (χ2v) is 7.39. The molecule has 122 valence electrons. The molecule has 3 aliphatic rings. The zero-order valence-corrected chi connectivity index (χ0v) is 13.3. The smallest absolute Gasteiger partial charge is 0.308 e. The molecule has 0 unspecified atom stereocenters. The van der Waals surface area contributed by atoms with Crippen LogP contribution in [-0.4, -0.2) is 35.0 Å². The molecule has 4 nitrogen and oxygen atoms in total. The number of fused-ring (bicyclic) bond motifs is 2. The van der Waals surface area contributed by atoms with Crippen LogP contribution in [0.3, 0.4) is 0 Å². The maximum absolute atomic E-state index is 12.9. The lowest BCUT2D eigenvalue weighted by Gasteiger charge is -2.32. The van der Waals surface area contributed by atoms with Crippen LogP contribution in [0.5, 0.6) is 0 Å². The first-order valence-electron chi connectivity index (χ1n) is 8.72. The van der Waals surface area contributed by atoms with Gasteiger partial charge in [-0.25, -0.2) is 0 Å². The third-order valence-electron chi connectivity index (χ3n) is 6.08. The highest BCUT2D eigenvalue weighted by molar-refractivity contribution is 5.85. The standard InChI is InChI=1S/C19H23NO3/c21-17(20-10-4-7-14(12-20)18(22)23)16-11-19(16)9-3-6-13-5-1-2-8-15(13)19/h1-2,5,8,14,16H,3-4,6-7,9-12H2,(H,22,23)/t14-,16+,19+/m0/s1. The number of piperidine rings is 1. The van der Waals surface area contributed by atoms with E-state index in [4.69, 9.17) is 0 Å². The van der Waals surface area contributed by atoms with Crippen LogP contribution in [0.4, 0.5) is 0 Å². The Hall–Kier alpha value is -1.84. The van der Waals surface area contributed by atoms with Crippen molar-refractivity contribution in [1.82, 2.24) is 4.90 Å². The SMILES string of the molecule is O=C(O)[C@H]1CCCN(C(=O)[C@H]2C[C@@]23CCCc2ccccc23)C1. The van der Waals surface area contributed by atoms with Crippen LogP contribution in [0, 0.1) is 11.8 Å². The largest absolute Gasteiger partial charge is 0.481 e. The number of hydrogen-bond donors (Lipinski definition) is 1. The molecule has 0 aromatic heterocycles. The molecule has 4 heteroatoms. The molecule has 1 heterocycles. The van der Waals surface area contributed by atoms with Gasteiger partial charge in [0.25, 0.3) is 0 Å². The molecule has 0 radical (unpaired) electrons. The van der Waals surface area contributed by atoms with Crippen LogP contribution in [0.25, 0.3) is 0 Å². The molecule has 0 bridgehead atoms. The van der Waals surface area contributed by atoms with Crippen molar-refractivity contribution in [3.05, 3.63) is 35.4 Å². The zero-order valence-electron chi connectivity index (χ0n) is 13.3. The number of nitrogens with zero attached hydrogens (tertiary/aromatic N) is 1. The molecule has 1 saturated heterocycles. The molecule has 1 aromatic rings. The number of aliphatic carboxylic acids is 1. The van der Waals surface area contributed by atoms with Crippen molar-refractivity contribution in [2.24, 2.45) is 11.8 Å². The normalized spacial score (nSPS) is 32.4. The minimum absolute atomic E-state index is 0.0437. The number of aryl methyl sites for hydroxylation is 1. The summed E-state index contributed by atoms with van der Waals surface area (Å²) in [6, 6.07) is 8.54. The second kappa shape index (κ2) is 5.36. The Morgan fingerprint density at radius 1 is 1.22 bits per heavy atom. The lowest BCUT2D eigenvalue weighted by molar-refractivity contribution is -0.146. The van der Waals surface area contributed by atoms with Gasteiger partial charge < -0.3 is 10.0 Å². The molecule has 1 N–H and O–H groups in total. The van der Waals surface area contributed by atoms with E-state index in [1.54, 1.807) is 0 Å². The first kappa shape index (κ1) is 14.7. The number of benzene rings is 1. The van der Waals surface area contributed by atoms with Crippen molar-refractivity contribution in [3.63, 3.8) is 0 Å². The fourth-order valence-corrected chi connectivity index (χ4v) is 4.76. The molecule has 2 fully saturated rings. The number of rotatable bonds is 2. The van der Waals surface area contributed by atoms with E-state index in [1.165, 1.54) is 11.1 Å². The molecular formula is C19H23NO3. The average molecular weight is 313 g/mol. The number of carbonyl (C=O) groups is 2. The fraction of sp³-hybridized carbons (Fsp3) is 0.579. The highest BCUT2D eigenvalue weighted by atomic mass is 16.4. The van der Waals surface area contributed by atoms with Crippen LogP contribution in [-0.2, 0) is 21.4 Å². The summed E-state index contributed by atoms with van der Waals surface area (Å²) in [5, 5.41) is 9.23. The fourth-order valence-electron chi connectivity index (χ4n) is 4.76. The maximum atomic E-state index is 12.9. The van der Waals surface area contributed by atoms with Gasteiger partial charge in [-0.05, 0) is 49.7 Å². The quantitative estimate of drug-likeness (QED) is 0.913. The third-order valence-corrected chi connectivity index (χ3v) is 6.08. The molecule has 4 rings (SSSR count). The van der Waals surface area contributed by atoms with E-state index >= 15 is 0 Å². The monoisotopic (exact) mass is 313 g/mol. The van der Waals surface area contributed by atoms with Crippen LogP contribution >= 0.6 is 0 Å². The molecule has 2 aliphatic carbocycles. The van der Waals surface area contributed by atoms with Gasteiger partial charge in [-0.15, -0.1) is 0 Å². The van der Waals surface area contributed by atoms with Crippen molar-refractivity contribution >= 4 is 11.9 Å². The van der Waals surface area contributed by atoms with Gasteiger partial charge in [-0.1, -0.05) is 24.3 Å². The summed E-state index contributed by atoms with van der Waals surface area (Å²) in [4.78, 5) is 26.0. The Morgan fingerprint density at radius 3 is 2.87 bits per heavy atom. The van der Waals surface area contributed by atoms with E-state index in [9.17, 15) is 14.7 Å². The maximum Gasteiger partial charge on any atom is 0.308 e. The molecule has 23 heavy (non-hydrogen) atoms. The van der Waals surface area contributed by atoms with Crippen LogP contribution in [0.15, 0.2) is 24.3 Å². The third kappa shape index (κ3) is 2.35. The predicted molar refractivity (Wildman–Crippen MR) is 86.1 cm³/mol. The topological polar surface area (TPSA) is 57.6 Å². The number of amides is 1. The predicted octanol–water partition coefficient (Wildman–Crippen LogP) is 2.60. The van der Waals surface area contributed by atoms with Gasteiger partial charge >= 0.3 is 5.97 Å². The lowest BCUT2D eigenvalue weighted by Crippen LogP contribution is -2.44. The van der Waals surface area contributed by atoms with E-state index in [1.807, 2.05) is 4.90 Å². The summed E-state index contributed by atoms with van der Waals surface area (Å²) >= 11 is 0. The van der Waals surface area contributed by atoms with Crippen molar-refractivity contribution < 1.29 is 14.7 Å². The van der Waals surface area contributed by atoms with Gasteiger partial charge in [0.2, 0.25) is 5.91 Å². The average Bonchev–Trinajstić information content (AvgIpc) is 3.29. The summed E-state index contributed by atoms with van der Waals surface area (Å²) < 4.78 is 0. The molecule has 1 saturated carbocycles. The van der Waals surface area contributed by atoms with Gasteiger partial charge in [-0.2, -0.15) is 0 Å². The summed E-state index contributed by atoms with van der Waals surface area (Å²) in [6.07, 6.45) is 5.80. The van der Waals surface area contributed by atoms with Crippen LogP contribution in [0.1, 0.15) is 43.2 Å². The Bertz CT molecular complexity index is 656. The Balaban J connectivity index is 1.53. The van der Waals surface area contributed by atoms with Gasteiger partial charge in [-0.3, -0.25) is 9.59 Å². The van der Waals surface area contributed by atoms with E-state index in [0.29, 0.717) is 13.0 Å². The van der Waals surface area contributed by atoms with Gasteiger partial charge in [0, 0.05) is 24.4 Å². The summed E-state index contributed by atoms with van der Waals surface area (Å²) in [5.74, 6) is -0.902. The van der Waals surface area contributed by atoms with Crippen LogP contribution < -0.4 is 0 Å². The van der Waals surface area contributed by atoms with E-state index in [2.05, 4.69) is 24.3 Å². The summed E-state index contributed by atoms with van der Waals surface area (Å²) in [7, 11) is 0. The lowest BCUT2D eigenvalue weighted by atomic mass is 9.78. The van der Waals surface area contributed by atoms with E-state index < -0.39 is 5.97 Å². The number of likely N-dealkylation sites (tertiary alicyclic amines) is 1. The van der Waals surface area contributed by atoms with Gasteiger partial charge in [0.1, 0.15) is 0 Å². The molecule has 1 aromatic carbocycles. The molecule has 3 atom stereocenters. The van der Waals surface area contributed by atoms with Crippen molar-refractivity contribution in [2.45, 2.75) is 43.9 Å². The highest BCUT2D eigenvalue weighted by Gasteiger charge is 2.61. The minimum Gasteiger partial charge on any atom is -0.481 e. The van der Waals surface area contributed by atoms with Crippen molar-refractivity contribution in [2.75, 3.05) is 13.1 Å². The summed E-state index contributed by atoms with van der Waals surface area (Å²) in [6.45, 7) is 1.11. The van der Waals surface area contributed by atoms with E-state index in [-0.39, 0.29) is 23.2 Å². The number of carboxylic acid groups (broad SMARTS) is 1. The van der Waals surface area contributed by atoms with Crippen molar-refractivity contribution in [3.8, 4) is 0 Å². The molecule has 1 spiro atoms. The molecular weight excluding hydrogens is 290 g/mol. The number of hydrogen-bond acceptors (Lipinski definition) is 2. The molecule has 1 aliphatic heterocycles. The zero-order chi connectivity index (χ0) is 16.0. The van der Waals surface area contributed by atoms with Gasteiger partial charge in [0.15, 0.2) is 0 Å². The molecule has 1 amide bonds. The first-order chi connectivity index (χ1) is 11.1. The number of carboxylic acids is 1. The Labute approximate surface area is 136 Å². The first-order valence-corrected chi connectivity index (χ1v) is 8.72. The van der Waals surface area contributed by atoms with Crippen LogP contribution in [0.2, 0.25) is 0 Å². The Kier molecular flexibility index (Phi) is 3.43. The highest BCUT2D eigenvalue weighted by Crippen LogP contribution is 2.60. The minimum atomic E-state index is -0.768. The second-order valence-electron chi connectivity index (χ2n) is 7.39. The van der Waals surface area contributed by atoms with E-state index in [0.717, 1.165) is 38.6 Å².